The van der Waals surface area contributed by atoms with Crippen LogP contribution in [0.5, 0.6) is 0 Å². The highest BCUT2D eigenvalue weighted by Gasteiger charge is 2.64. The van der Waals surface area contributed by atoms with Gasteiger partial charge in [-0.25, -0.2) is 9.59 Å². The van der Waals surface area contributed by atoms with E-state index in [1.54, 1.807) is 0 Å². The van der Waals surface area contributed by atoms with E-state index in [4.69, 9.17) is 9.47 Å². The Kier molecular flexibility index (Phi) is 2.81. The van der Waals surface area contributed by atoms with Crippen LogP contribution in [0.1, 0.15) is 27.7 Å². The van der Waals surface area contributed by atoms with E-state index in [1.165, 1.54) is 7.11 Å². The summed E-state index contributed by atoms with van der Waals surface area (Å²) in [4.78, 5) is 23.1. The second-order valence-electron chi connectivity index (χ2n) is 5.89. The molecule has 6 nitrogen and oxygen atoms in total. The van der Waals surface area contributed by atoms with Gasteiger partial charge in [-0.2, -0.15) is 0 Å². The van der Waals surface area contributed by atoms with E-state index in [9.17, 15) is 9.59 Å². The van der Waals surface area contributed by atoms with E-state index >= 15 is 0 Å². The summed E-state index contributed by atoms with van der Waals surface area (Å²) < 4.78 is 15.4. The van der Waals surface area contributed by atoms with Crippen LogP contribution in [0.25, 0.3) is 0 Å². The number of rotatable bonds is 2. The van der Waals surface area contributed by atoms with E-state index in [-0.39, 0.29) is 17.8 Å². The molecule has 2 saturated heterocycles. The summed E-state index contributed by atoms with van der Waals surface area (Å²) in [7, 11) is 1.26. The van der Waals surface area contributed by atoms with Crippen molar-refractivity contribution in [1.29, 1.82) is 0 Å². The SMILES string of the molecule is COC(=O)N[C@@H]1C(=O)O[C@H]([C@H]2OC2(C)C)C1(C)C. The maximum atomic E-state index is 11.8. The third-order valence-electron chi connectivity index (χ3n) is 3.74. The van der Waals surface area contributed by atoms with Crippen LogP contribution < -0.4 is 5.32 Å². The lowest BCUT2D eigenvalue weighted by atomic mass is 9.78. The molecule has 102 valence electrons. The van der Waals surface area contributed by atoms with Gasteiger partial charge < -0.3 is 19.5 Å². The predicted octanol–water partition coefficient (Wildman–Crippen LogP) is 0.840. The number of cyclic esters (lactones) is 1. The van der Waals surface area contributed by atoms with E-state index in [2.05, 4.69) is 10.1 Å². The van der Waals surface area contributed by atoms with Crippen LogP contribution in [0.15, 0.2) is 0 Å². The van der Waals surface area contributed by atoms with Crippen LogP contribution in [0.4, 0.5) is 4.79 Å². The number of esters is 1. The van der Waals surface area contributed by atoms with Gasteiger partial charge in [-0.15, -0.1) is 0 Å². The summed E-state index contributed by atoms with van der Waals surface area (Å²) in [6.07, 6.45) is -1.12. The number of nitrogens with one attached hydrogen (secondary N) is 1. The molecule has 18 heavy (non-hydrogen) atoms. The lowest BCUT2D eigenvalue weighted by Crippen LogP contribution is -2.49. The molecule has 2 heterocycles. The van der Waals surface area contributed by atoms with Crippen molar-refractivity contribution in [3.05, 3.63) is 0 Å². The number of amides is 1. The van der Waals surface area contributed by atoms with Gasteiger partial charge >= 0.3 is 12.1 Å². The van der Waals surface area contributed by atoms with Gasteiger partial charge in [0.05, 0.1) is 12.7 Å². The molecule has 0 aromatic carbocycles. The monoisotopic (exact) mass is 257 g/mol. The lowest BCUT2D eigenvalue weighted by molar-refractivity contribution is -0.143. The summed E-state index contributed by atoms with van der Waals surface area (Å²) in [6, 6.07) is -0.713. The van der Waals surface area contributed by atoms with E-state index in [0.717, 1.165) is 0 Å². The van der Waals surface area contributed by atoms with Gasteiger partial charge in [0.15, 0.2) is 0 Å². The Hall–Kier alpha value is -1.30. The molecule has 0 spiro atoms. The molecule has 2 aliphatic rings. The number of methoxy groups -OCH3 is 1. The maximum absolute atomic E-state index is 11.8. The molecule has 1 amide bonds. The maximum Gasteiger partial charge on any atom is 0.407 e. The van der Waals surface area contributed by atoms with Crippen molar-refractivity contribution < 1.29 is 23.8 Å². The molecule has 0 aromatic rings. The highest BCUT2D eigenvalue weighted by Crippen LogP contribution is 2.48. The first kappa shape index (κ1) is 13.1. The first-order chi connectivity index (χ1) is 8.20. The first-order valence-electron chi connectivity index (χ1n) is 5.93. The summed E-state index contributed by atoms with van der Waals surface area (Å²) >= 11 is 0. The van der Waals surface area contributed by atoms with Gasteiger partial charge in [0.2, 0.25) is 0 Å². The number of carbonyl (C=O) groups excluding carboxylic acids is 2. The van der Waals surface area contributed by atoms with Crippen molar-refractivity contribution in [3.8, 4) is 0 Å². The van der Waals surface area contributed by atoms with Crippen molar-refractivity contribution >= 4 is 12.1 Å². The molecule has 0 saturated carbocycles. The lowest BCUT2D eigenvalue weighted by Gasteiger charge is -2.27. The van der Waals surface area contributed by atoms with Crippen LogP contribution in [0.2, 0.25) is 0 Å². The van der Waals surface area contributed by atoms with Gasteiger partial charge in [-0.05, 0) is 13.8 Å². The third kappa shape index (κ3) is 1.94. The minimum Gasteiger partial charge on any atom is -0.457 e. The standard InChI is InChI=1S/C12H19NO5/c1-11(2)6(13-10(15)16-5)9(14)17-7(11)8-12(3,4)18-8/h6-8H,1-5H3,(H,13,15)/t6-,7-,8-/m1/s1. The quantitative estimate of drug-likeness (QED) is 0.586. The first-order valence-corrected chi connectivity index (χ1v) is 5.93. The van der Waals surface area contributed by atoms with E-state index in [0.29, 0.717) is 0 Å². The van der Waals surface area contributed by atoms with Crippen LogP contribution in [-0.4, -0.2) is 43.0 Å². The van der Waals surface area contributed by atoms with E-state index < -0.39 is 23.5 Å². The molecule has 0 aromatic heterocycles. The van der Waals surface area contributed by atoms with Gasteiger partial charge in [-0.1, -0.05) is 13.8 Å². The Labute approximate surface area is 106 Å². The minimum atomic E-state index is -0.713. The van der Waals surface area contributed by atoms with Crippen molar-refractivity contribution in [2.45, 2.75) is 51.5 Å². The van der Waals surface area contributed by atoms with Gasteiger partial charge in [0, 0.05) is 5.41 Å². The zero-order valence-electron chi connectivity index (χ0n) is 11.3. The van der Waals surface area contributed by atoms with E-state index in [1.807, 2.05) is 27.7 Å². The highest BCUT2D eigenvalue weighted by atomic mass is 16.6. The molecule has 0 aliphatic carbocycles. The molecular weight excluding hydrogens is 238 g/mol. The summed E-state index contributed by atoms with van der Waals surface area (Å²) in [5.41, 5.74) is -0.813. The topological polar surface area (TPSA) is 77.2 Å². The van der Waals surface area contributed by atoms with Gasteiger partial charge in [0.1, 0.15) is 18.2 Å². The molecule has 1 N–H and O–H groups in total. The van der Waals surface area contributed by atoms with Crippen molar-refractivity contribution in [2.75, 3.05) is 7.11 Å². The average molecular weight is 257 g/mol. The van der Waals surface area contributed by atoms with Crippen molar-refractivity contribution in [3.63, 3.8) is 0 Å². The molecule has 2 fully saturated rings. The Morgan fingerprint density at radius 2 is 1.83 bits per heavy atom. The fourth-order valence-corrected chi connectivity index (χ4v) is 2.41. The zero-order valence-corrected chi connectivity index (χ0v) is 11.3. The number of hydrogen-bond donors (Lipinski definition) is 1. The number of alkyl carbamates (subject to hydrolysis) is 1. The molecule has 0 bridgehead atoms. The third-order valence-corrected chi connectivity index (χ3v) is 3.74. The molecule has 6 heteroatoms. The van der Waals surface area contributed by atoms with Crippen LogP contribution in [0.3, 0.4) is 0 Å². The van der Waals surface area contributed by atoms with Crippen molar-refractivity contribution in [2.24, 2.45) is 5.41 Å². The highest BCUT2D eigenvalue weighted by molar-refractivity contribution is 5.84. The Balaban J connectivity index is 2.14. The average Bonchev–Trinajstić information content (AvgIpc) is 2.83. The van der Waals surface area contributed by atoms with Gasteiger partial charge in [0.25, 0.3) is 0 Å². The Morgan fingerprint density at radius 1 is 1.28 bits per heavy atom. The Bertz CT molecular complexity index is 390. The summed E-state index contributed by atoms with van der Waals surface area (Å²) in [5, 5.41) is 2.52. The molecule has 2 rings (SSSR count). The van der Waals surface area contributed by atoms with Crippen LogP contribution >= 0.6 is 0 Å². The molecule has 0 unspecified atom stereocenters. The fraction of sp³-hybridized carbons (Fsp3) is 0.833. The molecular formula is C12H19NO5. The van der Waals surface area contributed by atoms with Gasteiger partial charge in [-0.3, -0.25) is 0 Å². The second-order valence-corrected chi connectivity index (χ2v) is 5.89. The van der Waals surface area contributed by atoms with Crippen LogP contribution in [-0.2, 0) is 19.0 Å². The summed E-state index contributed by atoms with van der Waals surface area (Å²) in [5.74, 6) is -0.443. The number of hydrogen-bond acceptors (Lipinski definition) is 5. The van der Waals surface area contributed by atoms with Crippen LogP contribution in [0, 0.1) is 5.41 Å². The second kappa shape index (κ2) is 3.85. The zero-order chi connectivity index (χ0) is 13.7. The Morgan fingerprint density at radius 3 is 2.28 bits per heavy atom. The summed E-state index contributed by atoms with van der Waals surface area (Å²) in [6.45, 7) is 7.65. The number of ether oxygens (including phenoxy) is 3. The minimum absolute atomic E-state index is 0.124. The largest absolute Gasteiger partial charge is 0.457 e. The molecule has 0 radical (unpaired) electrons. The van der Waals surface area contributed by atoms with Crippen molar-refractivity contribution in [1.82, 2.24) is 5.32 Å². The number of epoxide rings is 1. The normalized spacial score (nSPS) is 35.8. The molecule has 3 atom stereocenters. The fourth-order valence-electron chi connectivity index (χ4n) is 2.41. The predicted molar refractivity (Wildman–Crippen MR) is 61.9 cm³/mol. The number of carbonyl (C=O) groups is 2. The molecule has 2 aliphatic heterocycles. The smallest absolute Gasteiger partial charge is 0.407 e.